The van der Waals surface area contributed by atoms with Gasteiger partial charge in [-0.3, -0.25) is 4.79 Å². The molecule has 1 N–H and O–H groups in total. The summed E-state index contributed by atoms with van der Waals surface area (Å²) in [6.07, 6.45) is 4.01. The highest BCUT2D eigenvalue weighted by Gasteiger charge is 2.23. The maximum atomic E-state index is 12.6. The largest absolute Gasteiger partial charge is 0.335 e. The molecule has 106 valence electrons. The number of carbonyl (C=O) groups is 1. The van der Waals surface area contributed by atoms with Crippen molar-refractivity contribution in [2.45, 2.75) is 39.5 Å². The van der Waals surface area contributed by atoms with Crippen LogP contribution in [0.4, 0.5) is 0 Å². The van der Waals surface area contributed by atoms with Crippen molar-refractivity contribution < 1.29 is 4.79 Å². The second-order valence-electron chi connectivity index (χ2n) is 4.93. The Morgan fingerprint density at radius 3 is 2.58 bits per heavy atom. The van der Waals surface area contributed by atoms with E-state index >= 15 is 0 Å². The smallest absolute Gasteiger partial charge is 0.265 e. The predicted molar refractivity (Wildman–Crippen MR) is 78.9 cm³/mol. The zero-order valence-electron chi connectivity index (χ0n) is 11.9. The monoisotopic (exact) mass is 281 g/mol. The van der Waals surface area contributed by atoms with Gasteiger partial charge in [-0.25, -0.2) is 4.98 Å². The molecule has 4 nitrogen and oxygen atoms in total. The second-order valence-corrected chi connectivity index (χ2v) is 6.01. The Kier molecular flexibility index (Phi) is 5.34. The number of nitrogens with one attached hydrogen (secondary N) is 1. The van der Waals surface area contributed by atoms with Crippen molar-refractivity contribution >= 4 is 17.2 Å². The summed E-state index contributed by atoms with van der Waals surface area (Å²) >= 11 is 1.60. The Morgan fingerprint density at radius 1 is 1.26 bits per heavy atom. The zero-order valence-corrected chi connectivity index (χ0v) is 12.7. The number of aryl methyl sites for hydroxylation is 2. The fourth-order valence-corrected chi connectivity index (χ4v) is 3.49. The van der Waals surface area contributed by atoms with Gasteiger partial charge in [0.25, 0.3) is 5.91 Å². The van der Waals surface area contributed by atoms with Gasteiger partial charge in [0.1, 0.15) is 4.88 Å². The number of carbonyl (C=O) groups excluding carboxylic acids is 1. The SMILES string of the molecule is CCCc1nc(CCC)c(C(=O)N2CCNCC2)s1. The third-order valence-electron chi connectivity index (χ3n) is 3.29. The number of piperazine rings is 1. The van der Waals surface area contributed by atoms with Gasteiger partial charge in [0.2, 0.25) is 0 Å². The fourth-order valence-electron chi connectivity index (χ4n) is 2.31. The first kappa shape index (κ1) is 14.5. The van der Waals surface area contributed by atoms with Crippen LogP contribution < -0.4 is 5.32 Å². The van der Waals surface area contributed by atoms with Crippen LogP contribution in [0.3, 0.4) is 0 Å². The molecule has 2 rings (SSSR count). The molecule has 19 heavy (non-hydrogen) atoms. The van der Waals surface area contributed by atoms with Crippen LogP contribution in [0.5, 0.6) is 0 Å². The molecule has 0 spiro atoms. The quantitative estimate of drug-likeness (QED) is 0.899. The summed E-state index contributed by atoms with van der Waals surface area (Å²) in [7, 11) is 0. The lowest BCUT2D eigenvalue weighted by atomic mass is 10.2. The minimum atomic E-state index is 0.185. The van der Waals surface area contributed by atoms with Crippen LogP contribution in [-0.2, 0) is 12.8 Å². The van der Waals surface area contributed by atoms with Crippen molar-refractivity contribution in [2.24, 2.45) is 0 Å². The molecule has 1 aromatic heterocycles. The minimum absolute atomic E-state index is 0.185. The average Bonchev–Trinajstić information content (AvgIpc) is 2.83. The molecule has 1 amide bonds. The standard InChI is InChI=1S/C14H23N3OS/c1-3-5-11-13(19-12(16-11)6-4-2)14(18)17-9-7-15-8-10-17/h15H,3-10H2,1-2H3. The summed E-state index contributed by atoms with van der Waals surface area (Å²) in [6, 6.07) is 0. The van der Waals surface area contributed by atoms with Crippen LogP contribution in [0.2, 0.25) is 0 Å². The van der Waals surface area contributed by atoms with E-state index in [1.165, 1.54) is 0 Å². The number of nitrogens with zero attached hydrogens (tertiary/aromatic N) is 2. The lowest BCUT2D eigenvalue weighted by molar-refractivity contribution is 0.0739. The maximum Gasteiger partial charge on any atom is 0.265 e. The summed E-state index contributed by atoms with van der Waals surface area (Å²) < 4.78 is 0. The highest BCUT2D eigenvalue weighted by atomic mass is 32.1. The van der Waals surface area contributed by atoms with E-state index in [4.69, 9.17) is 0 Å². The maximum absolute atomic E-state index is 12.6. The van der Waals surface area contributed by atoms with Crippen molar-refractivity contribution in [3.63, 3.8) is 0 Å². The molecule has 0 radical (unpaired) electrons. The van der Waals surface area contributed by atoms with Crippen LogP contribution in [0.1, 0.15) is 47.1 Å². The third kappa shape index (κ3) is 3.54. The van der Waals surface area contributed by atoms with E-state index in [0.29, 0.717) is 0 Å². The Hall–Kier alpha value is -0.940. The molecule has 0 atom stereocenters. The van der Waals surface area contributed by atoms with Crippen LogP contribution in [0.25, 0.3) is 0 Å². The van der Waals surface area contributed by atoms with Gasteiger partial charge in [0.15, 0.2) is 0 Å². The first-order chi connectivity index (χ1) is 9.26. The Balaban J connectivity index is 2.17. The molecule has 5 heteroatoms. The molecular formula is C14H23N3OS. The minimum Gasteiger partial charge on any atom is -0.335 e. The molecular weight excluding hydrogens is 258 g/mol. The second kappa shape index (κ2) is 7.01. The van der Waals surface area contributed by atoms with Crippen molar-refractivity contribution in [1.82, 2.24) is 15.2 Å². The molecule has 1 aliphatic rings. The Bertz CT molecular complexity index is 424. The first-order valence-corrected chi connectivity index (χ1v) is 8.06. The number of aromatic nitrogens is 1. The summed E-state index contributed by atoms with van der Waals surface area (Å²) in [5, 5.41) is 4.40. The highest BCUT2D eigenvalue weighted by molar-refractivity contribution is 7.13. The zero-order chi connectivity index (χ0) is 13.7. The van der Waals surface area contributed by atoms with Gasteiger partial charge in [-0.05, 0) is 19.3 Å². The van der Waals surface area contributed by atoms with E-state index in [-0.39, 0.29) is 5.91 Å². The number of hydrogen-bond donors (Lipinski definition) is 1. The molecule has 0 bridgehead atoms. The van der Waals surface area contributed by atoms with E-state index in [1.54, 1.807) is 11.3 Å². The molecule has 0 unspecified atom stereocenters. The van der Waals surface area contributed by atoms with E-state index in [1.807, 2.05) is 4.90 Å². The van der Waals surface area contributed by atoms with Gasteiger partial charge < -0.3 is 10.2 Å². The van der Waals surface area contributed by atoms with Gasteiger partial charge >= 0.3 is 0 Å². The normalized spacial score (nSPS) is 15.8. The van der Waals surface area contributed by atoms with Crippen molar-refractivity contribution in [1.29, 1.82) is 0 Å². The summed E-state index contributed by atoms with van der Waals surface area (Å²) in [5.74, 6) is 0.185. The molecule has 0 aromatic carbocycles. The van der Waals surface area contributed by atoms with E-state index in [2.05, 4.69) is 24.1 Å². The third-order valence-corrected chi connectivity index (χ3v) is 4.44. The van der Waals surface area contributed by atoms with Gasteiger partial charge in [0, 0.05) is 26.2 Å². The molecule has 1 fully saturated rings. The van der Waals surface area contributed by atoms with E-state index < -0.39 is 0 Å². The van der Waals surface area contributed by atoms with Crippen molar-refractivity contribution in [2.75, 3.05) is 26.2 Å². The van der Waals surface area contributed by atoms with Gasteiger partial charge in [0.05, 0.1) is 10.7 Å². The number of rotatable bonds is 5. The molecule has 0 saturated carbocycles. The highest BCUT2D eigenvalue weighted by Crippen LogP contribution is 2.23. The molecule has 1 saturated heterocycles. The predicted octanol–water partition coefficient (Wildman–Crippen LogP) is 2.09. The van der Waals surface area contributed by atoms with Crippen molar-refractivity contribution in [3.8, 4) is 0 Å². The molecule has 2 heterocycles. The van der Waals surface area contributed by atoms with Gasteiger partial charge in [-0.1, -0.05) is 20.3 Å². The van der Waals surface area contributed by atoms with Gasteiger partial charge in [-0.2, -0.15) is 0 Å². The molecule has 0 aliphatic carbocycles. The number of thiazole rings is 1. The van der Waals surface area contributed by atoms with Gasteiger partial charge in [-0.15, -0.1) is 11.3 Å². The van der Waals surface area contributed by atoms with Crippen LogP contribution in [-0.4, -0.2) is 42.0 Å². The van der Waals surface area contributed by atoms with Crippen LogP contribution in [0.15, 0.2) is 0 Å². The molecule has 1 aliphatic heterocycles. The number of hydrogen-bond acceptors (Lipinski definition) is 4. The summed E-state index contributed by atoms with van der Waals surface area (Å²) in [6.45, 7) is 7.71. The summed E-state index contributed by atoms with van der Waals surface area (Å²) in [4.78, 5) is 20.1. The van der Waals surface area contributed by atoms with E-state index in [0.717, 1.165) is 67.4 Å². The Labute approximate surface area is 119 Å². The lowest BCUT2D eigenvalue weighted by Crippen LogP contribution is -2.46. The average molecular weight is 281 g/mol. The topological polar surface area (TPSA) is 45.2 Å². The van der Waals surface area contributed by atoms with Crippen LogP contribution in [0, 0.1) is 0 Å². The van der Waals surface area contributed by atoms with Crippen molar-refractivity contribution in [3.05, 3.63) is 15.6 Å². The first-order valence-electron chi connectivity index (χ1n) is 7.24. The van der Waals surface area contributed by atoms with Crippen LogP contribution >= 0.6 is 11.3 Å². The Morgan fingerprint density at radius 2 is 1.95 bits per heavy atom. The summed E-state index contributed by atoms with van der Waals surface area (Å²) in [5.41, 5.74) is 1.01. The fraction of sp³-hybridized carbons (Fsp3) is 0.714. The lowest BCUT2D eigenvalue weighted by Gasteiger charge is -2.27. The van der Waals surface area contributed by atoms with E-state index in [9.17, 15) is 4.79 Å². The number of amides is 1. The molecule has 1 aromatic rings.